The molecule has 4 saturated carbocycles. The highest BCUT2D eigenvalue weighted by molar-refractivity contribution is 7.18. The number of carbonyl (C=O) groups excluding carboxylic acids is 2. The molecular weight excluding hydrogens is 396 g/mol. The van der Waals surface area contributed by atoms with E-state index in [1.54, 1.807) is 23.3 Å². The molecular formula is C24H30N2O3S. The number of hydrogen-bond donors (Lipinski definition) is 0. The smallest absolute Gasteiger partial charge is 0.306 e. The van der Waals surface area contributed by atoms with Gasteiger partial charge >= 0.3 is 5.97 Å². The molecule has 1 heterocycles. The Balaban J connectivity index is 1.16. The van der Waals surface area contributed by atoms with Crippen molar-refractivity contribution in [2.45, 2.75) is 57.9 Å². The predicted octanol–water partition coefficient (Wildman–Crippen LogP) is 4.97. The van der Waals surface area contributed by atoms with Gasteiger partial charge < -0.3 is 9.64 Å². The van der Waals surface area contributed by atoms with Crippen LogP contribution in [0.25, 0.3) is 10.2 Å². The van der Waals surface area contributed by atoms with Crippen LogP contribution >= 0.6 is 11.3 Å². The summed E-state index contributed by atoms with van der Waals surface area (Å²) in [6, 6.07) is 7.83. The van der Waals surface area contributed by atoms with Gasteiger partial charge in [-0.05, 0) is 80.8 Å². The van der Waals surface area contributed by atoms with Gasteiger partial charge in [0.05, 0.1) is 22.7 Å². The lowest BCUT2D eigenvalue weighted by Crippen LogP contribution is -2.47. The number of rotatable bonds is 6. The molecule has 1 atom stereocenters. The van der Waals surface area contributed by atoms with Crippen molar-refractivity contribution in [2.24, 2.45) is 23.2 Å². The van der Waals surface area contributed by atoms with Gasteiger partial charge in [-0.1, -0.05) is 12.1 Å². The Bertz CT molecular complexity index is 900. The Hall–Kier alpha value is -1.95. The van der Waals surface area contributed by atoms with Gasteiger partial charge in [-0.2, -0.15) is 0 Å². The minimum Gasteiger partial charge on any atom is -0.456 e. The molecule has 0 radical (unpaired) electrons. The average molecular weight is 427 g/mol. The van der Waals surface area contributed by atoms with Crippen LogP contribution in [0.3, 0.4) is 0 Å². The molecule has 1 aromatic heterocycles. The van der Waals surface area contributed by atoms with Crippen molar-refractivity contribution in [1.29, 1.82) is 0 Å². The fourth-order valence-electron chi connectivity index (χ4n) is 6.56. The van der Waals surface area contributed by atoms with Crippen LogP contribution in [-0.2, 0) is 14.3 Å². The van der Waals surface area contributed by atoms with E-state index in [4.69, 9.17) is 4.74 Å². The molecule has 5 nitrogen and oxygen atoms in total. The molecule has 6 rings (SSSR count). The predicted molar refractivity (Wildman–Crippen MR) is 117 cm³/mol. The maximum atomic E-state index is 12.7. The molecule has 30 heavy (non-hydrogen) atoms. The molecule has 2 aromatic rings. The van der Waals surface area contributed by atoms with Crippen molar-refractivity contribution in [3.05, 3.63) is 29.3 Å². The summed E-state index contributed by atoms with van der Waals surface area (Å²) in [7, 11) is 1.76. The summed E-state index contributed by atoms with van der Waals surface area (Å²) in [6.07, 6.45) is 8.11. The molecule has 6 heteroatoms. The van der Waals surface area contributed by atoms with Gasteiger partial charge in [-0.25, -0.2) is 4.98 Å². The van der Waals surface area contributed by atoms with E-state index in [-0.39, 0.29) is 29.9 Å². The monoisotopic (exact) mass is 426 g/mol. The van der Waals surface area contributed by atoms with Crippen molar-refractivity contribution in [2.75, 3.05) is 13.7 Å². The number of para-hydroxylation sites is 1. The maximum absolute atomic E-state index is 12.7. The van der Waals surface area contributed by atoms with E-state index in [2.05, 4.69) is 4.98 Å². The molecule has 1 aromatic carbocycles. The van der Waals surface area contributed by atoms with E-state index >= 15 is 0 Å². The first-order valence-electron chi connectivity index (χ1n) is 11.2. The molecule has 4 aliphatic carbocycles. The van der Waals surface area contributed by atoms with Crippen LogP contribution in [0.15, 0.2) is 24.3 Å². The number of aromatic nitrogens is 1. The van der Waals surface area contributed by atoms with E-state index in [1.807, 2.05) is 31.2 Å². The topological polar surface area (TPSA) is 59.5 Å². The van der Waals surface area contributed by atoms with E-state index in [0.717, 1.165) is 33.0 Å². The van der Waals surface area contributed by atoms with Crippen molar-refractivity contribution >= 4 is 33.4 Å². The number of hydrogen-bond acceptors (Lipinski definition) is 5. The third kappa shape index (κ3) is 3.75. The minimum atomic E-state index is -0.202. The summed E-state index contributed by atoms with van der Waals surface area (Å²) in [5.74, 6) is 2.05. The van der Waals surface area contributed by atoms with Crippen LogP contribution in [0, 0.1) is 23.2 Å². The standard InChI is InChI=1S/C24H30N2O3S/c1-15(23-25-19-5-3-4-6-20(19)30-23)26(2)21(27)14-29-22(28)13-24-10-16-7-17(11-24)9-18(8-16)12-24/h3-6,15-18H,7-14H2,1-2H3/t15-,16?,17?,18?,24?/m0/s1. The highest BCUT2D eigenvalue weighted by Gasteiger charge is 2.51. The second-order valence-corrected chi connectivity index (χ2v) is 11.0. The van der Waals surface area contributed by atoms with Gasteiger partial charge in [-0.3, -0.25) is 9.59 Å². The first kappa shape index (κ1) is 20.0. The van der Waals surface area contributed by atoms with Crippen LogP contribution in [-0.4, -0.2) is 35.4 Å². The van der Waals surface area contributed by atoms with Crippen LogP contribution in [0.1, 0.15) is 62.9 Å². The van der Waals surface area contributed by atoms with Crippen LogP contribution in [0.5, 0.6) is 0 Å². The molecule has 4 fully saturated rings. The minimum absolute atomic E-state index is 0.148. The Kier molecular flexibility index (Phi) is 5.08. The van der Waals surface area contributed by atoms with Crippen LogP contribution < -0.4 is 0 Å². The third-order valence-corrected chi connectivity index (χ3v) is 8.89. The lowest BCUT2D eigenvalue weighted by molar-refractivity contribution is -0.158. The molecule has 1 amide bonds. The van der Waals surface area contributed by atoms with Crippen LogP contribution in [0.2, 0.25) is 0 Å². The number of likely N-dealkylation sites (N-methyl/N-ethyl adjacent to an activating group) is 1. The fourth-order valence-corrected chi connectivity index (χ4v) is 7.62. The number of carbonyl (C=O) groups is 2. The normalized spacial score (nSPS) is 30.4. The molecule has 160 valence electrons. The zero-order valence-corrected chi connectivity index (χ0v) is 18.6. The Labute approximate surface area is 181 Å². The molecule has 0 N–H and O–H groups in total. The van der Waals surface area contributed by atoms with E-state index in [1.165, 1.54) is 38.5 Å². The van der Waals surface area contributed by atoms with Crippen molar-refractivity contribution in [3.8, 4) is 0 Å². The number of nitrogens with zero attached hydrogens (tertiary/aromatic N) is 2. The van der Waals surface area contributed by atoms with Gasteiger partial charge in [-0.15, -0.1) is 11.3 Å². The van der Waals surface area contributed by atoms with Crippen LogP contribution in [0.4, 0.5) is 0 Å². The summed E-state index contributed by atoms with van der Waals surface area (Å²) in [5.41, 5.74) is 1.10. The van der Waals surface area contributed by atoms with Gasteiger partial charge in [0.15, 0.2) is 6.61 Å². The van der Waals surface area contributed by atoms with E-state index in [9.17, 15) is 9.59 Å². The van der Waals surface area contributed by atoms with E-state index in [0.29, 0.717) is 6.42 Å². The first-order valence-corrected chi connectivity index (χ1v) is 12.0. The average Bonchev–Trinajstić information content (AvgIpc) is 3.13. The zero-order chi connectivity index (χ0) is 20.9. The Morgan fingerprint density at radius 1 is 1.17 bits per heavy atom. The fraction of sp³-hybridized carbons (Fsp3) is 0.625. The number of amides is 1. The summed E-state index contributed by atoms with van der Waals surface area (Å²) in [5, 5.41) is 0.895. The number of thiazole rings is 1. The molecule has 0 aliphatic heterocycles. The molecule has 4 bridgehead atoms. The van der Waals surface area contributed by atoms with Crippen molar-refractivity contribution in [3.63, 3.8) is 0 Å². The van der Waals surface area contributed by atoms with Gasteiger partial charge in [0.25, 0.3) is 5.91 Å². The molecule has 4 aliphatic rings. The van der Waals surface area contributed by atoms with Gasteiger partial charge in [0.1, 0.15) is 5.01 Å². The zero-order valence-electron chi connectivity index (χ0n) is 17.8. The number of fused-ring (bicyclic) bond motifs is 1. The highest BCUT2D eigenvalue weighted by Crippen LogP contribution is 2.61. The Morgan fingerprint density at radius 2 is 1.80 bits per heavy atom. The second-order valence-electron chi connectivity index (χ2n) is 9.96. The summed E-state index contributed by atoms with van der Waals surface area (Å²) in [6.45, 7) is 1.78. The summed E-state index contributed by atoms with van der Waals surface area (Å²) in [4.78, 5) is 31.6. The largest absolute Gasteiger partial charge is 0.456 e. The maximum Gasteiger partial charge on any atom is 0.306 e. The number of benzene rings is 1. The van der Waals surface area contributed by atoms with Gasteiger partial charge in [0, 0.05) is 7.05 Å². The number of esters is 1. The molecule has 0 spiro atoms. The second kappa shape index (κ2) is 7.63. The third-order valence-electron chi connectivity index (χ3n) is 7.68. The quantitative estimate of drug-likeness (QED) is 0.612. The SMILES string of the molecule is C[C@@H](c1nc2ccccc2s1)N(C)C(=O)COC(=O)CC12CC3CC(CC(C3)C1)C2. The van der Waals surface area contributed by atoms with Crippen molar-refractivity contribution < 1.29 is 14.3 Å². The van der Waals surface area contributed by atoms with E-state index < -0.39 is 0 Å². The molecule has 0 unspecified atom stereocenters. The number of ether oxygens (including phenoxy) is 1. The highest BCUT2D eigenvalue weighted by atomic mass is 32.1. The first-order chi connectivity index (χ1) is 14.4. The Morgan fingerprint density at radius 3 is 2.43 bits per heavy atom. The lowest BCUT2D eigenvalue weighted by atomic mass is 9.49. The lowest BCUT2D eigenvalue weighted by Gasteiger charge is -2.56. The molecule has 0 saturated heterocycles. The van der Waals surface area contributed by atoms with Crippen molar-refractivity contribution in [1.82, 2.24) is 9.88 Å². The summed E-state index contributed by atoms with van der Waals surface area (Å²) < 4.78 is 6.57. The summed E-state index contributed by atoms with van der Waals surface area (Å²) >= 11 is 1.60. The van der Waals surface area contributed by atoms with Gasteiger partial charge in [0.2, 0.25) is 0 Å².